The van der Waals surface area contributed by atoms with Gasteiger partial charge in [-0.1, -0.05) is 20.8 Å². The Bertz CT molecular complexity index is 284. The molecular weight excluding hydrogens is 228 g/mol. The summed E-state index contributed by atoms with van der Waals surface area (Å²) in [7, 11) is 4.09. The number of carbonyl (C=O) groups is 1. The van der Waals surface area contributed by atoms with E-state index in [0.717, 1.165) is 19.5 Å². The number of ketones is 1. The fraction of sp³-hybridized carbons (Fsp3) is 0.929. The van der Waals surface area contributed by atoms with Crippen molar-refractivity contribution in [3.63, 3.8) is 0 Å². The SMILES string of the molecule is CN(C)CC1CC(O)CN1CCC(=O)C(C)(C)C. The number of hydrogen-bond acceptors (Lipinski definition) is 4. The molecule has 2 unspecified atom stereocenters. The molecule has 2 atom stereocenters. The van der Waals surface area contributed by atoms with Crippen LogP contribution in [0.1, 0.15) is 33.6 Å². The molecule has 106 valence electrons. The summed E-state index contributed by atoms with van der Waals surface area (Å²) in [5, 5.41) is 9.76. The molecule has 0 aromatic carbocycles. The summed E-state index contributed by atoms with van der Waals surface area (Å²) in [5.41, 5.74) is -0.255. The molecule has 1 saturated heterocycles. The first-order chi connectivity index (χ1) is 8.20. The van der Waals surface area contributed by atoms with Crippen LogP contribution >= 0.6 is 0 Å². The van der Waals surface area contributed by atoms with Crippen LogP contribution in [-0.2, 0) is 4.79 Å². The van der Waals surface area contributed by atoms with Crippen LogP contribution in [-0.4, -0.2) is 66.6 Å². The Kier molecular flexibility index (Phi) is 5.32. The Hall–Kier alpha value is -0.450. The quantitative estimate of drug-likeness (QED) is 0.796. The van der Waals surface area contributed by atoms with Gasteiger partial charge in [0.2, 0.25) is 0 Å². The fourth-order valence-electron chi connectivity index (χ4n) is 2.46. The predicted molar refractivity (Wildman–Crippen MR) is 73.6 cm³/mol. The van der Waals surface area contributed by atoms with Crippen LogP contribution in [0.15, 0.2) is 0 Å². The van der Waals surface area contributed by atoms with E-state index >= 15 is 0 Å². The maximum absolute atomic E-state index is 11.9. The van der Waals surface area contributed by atoms with Gasteiger partial charge in [-0.25, -0.2) is 0 Å². The highest BCUT2D eigenvalue weighted by Gasteiger charge is 2.32. The number of likely N-dealkylation sites (tertiary alicyclic amines) is 1. The maximum atomic E-state index is 11.9. The monoisotopic (exact) mass is 256 g/mol. The molecule has 1 N–H and O–H groups in total. The number of hydrogen-bond donors (Lipinski definition) is 1. The molecular formula is C14H28N2O2. The molecule has 0 aromatic heterocycles. The Balaban J connectivity index is 2.47. The second kappa shape index (κ2) is 6.13. The molecule has 0 spiro atoms. The molecule has 0 aromatic rings. The van der Waals surface area contributed by atoms with Crippen molar-refractivity contribution in [3.05, 3.63) is 0 Å². The van der Waals surface area contributed by atoms with Crippen LogP contribution in [0.4, 0.5) is 0 Å². The third kappa shape index (κ3) is 4.67. The number of rotatable bonds is 5. The van der Waals surface area contributed by atoms with Crippen LogP contribution in [0.5, 0.6) is 0 Å². The third-order valence-corrected chi connectivity index (χ3v) is 3.54. The highest BCUT2D eigenvalue weighted by atomic mass is 16.3. The molecule has 1 heterocycles. The highest BCUT2D eigenvalue weighted by Crippen LogP contribution is 2.21. The standard InChI is InChI=1S/C14H28N2O2/c1-14(2,3)13(18)6-7-16-10-12(17)8-11(16)9-15(4)5/h11-12,17H,6-10H2,1-5H3. The summed E-state index contributed by atoms with van der Waals surface area (Å²) in [6.45, 7) is 8.31. The summed E-state index contributed by atoms with van der Waals surface area (Å²) in [4.78, 5) is 16.3. The molecule has 1 aliphatic heterocycles. The molecule has 1 fully saturated rings. The lowest BCUT2D eigenvalue weighted by molar-refractivity contribution is -0.126. The van der Waals surface area contributed by atoms with E-state index in [1.54, 1.807) is 0 Å². The predicted octanol–water partition coefficient (Wildman–Crippen LogP) is 0.988. The lowest BCUT2D eigenvalue weighted by atomic mass is 9.89. The second-order valence-corrected chi connectivity index (χ2v) is 6.72. The molecule has 0 aliphatic carbocycles. The maximum Gasteiger partial charge on any atom is 0.139 e. The van der Waals surface area contributed by atoms with E-state index in [4.69, 9.17) is 0 Å². The number of β-amino-alcohol motifs (C(OH)–C–C–N with tert-alkyl or cyclic N) is 1. The van der Waals surface area contributed by atoms with E-state index in [2.05, 4.69) is 9.80 Å². The number of likely N-dealkylation sites (N-methyl/N-ethyl adjacent to an activating group) is 1. The fourth-order valence-corrected chi connectivity index (χ4v) is 2.46. The van der Waals surface area contributed by atoms with E-state index in [9.17, 15) is 9.90 Å². The van der Waals surface area contributed by atoms with Crippen LogP contribution in [0.2, 0.25) is 0 Å². The minimum Gasteiger partial charge on any atom is -0.392 e. The molecule has 1 rings (SSSR count). The van der Waals surface area contributed by atoms with Crippen LogP contribution in [0.25, 0.3) is 0 Å². The van der Waals surface area contributed by atoms with Crippen molar-refractivity contribution >= 4 is 5.78 Å². The van der Waals surface area contributed by atoms with Crippen molar-refractivity contribution in [2.45, 2.75) is 45.8 Å². The molecule has 0 saturated carbocycles. The van der Waals surface area contributed by atoms with Gasteiger partial charge >= 0.3 is 0 Å². The Morgan fingerprint density at radius 3 is 2.50 bits per heavy atom. The Morgan fingerprint density at radius 2 is 2.00 bits per heavy atom. The van der Waals surface area contributed by atoms with Gasteiger partial charge in [0, 0.05) is 37.5 Å². The molecule has 0 bridgehead atoms. The van der Waals surface area contributed by atoms with Gasteiger partial charge in [0.05, 0.1) is 6.10 Å². The number of aliphatic hydroxyl groups excluding tert-OH is 1. The van der Waals surface area contributed by atoms with Crippen molar-refractivity contribution in [2.24, 2.45) is 5.41 Å². The average molecular weight is 256 g/mol. The minimum atomic E-state index is -0.255. The second-order valence-electron chi connectivity index (χ2n) is 6.72. The van der Waals surface area contributed by atoms with Crippen LogP contribution in [0, 0.1) is 5.41 Å². The van der Waals surface area contributed by atoms with Gasteiger partial charge in [-0.15, -0.1) is 0 Å². The summed E-state index contributed by atoms with van der Waals surface area (Å²) < 4.78 is 0. The topological polar surface area (TPSA) is 43.8 Å². The summed E-state index contributed by atoms with van der Waals surface area (Å²) in [6.07, 6.45) is 1.17. The highest BCUT2D eigenvalue weighted by molar-refractivity contribution is 5.83. The number of nitrogens with zero attached hydrogens (tertiary/aromatic N) is 2. The van der Waals surface area contributed by atoms with Gasteiger partial charge in [-0.2, -0.15) is 0 Å². The van der Waals surface area contributed by atoms with Crippen molar-refractivity contribution in [3.8, 4) is 0 Å². The number of aliphatic hydroxyl groups is 1. The Labute approximate surface area is 111 Å². The summed E-state index contributed by atoms with van der Waals surface area (Å²) in [5.74, 6) is 0.299. The zero-order chi connectivity index (χ0) is 13.9. The first kappa shape index (κ1) is 15.6. The van der Waals surface area contributed by atoms with Crippen LogP contribution in [0.3, 0.4) is 0 Å². The molecule has 18 heavy (non-hydrogen) atoms. The Morgan fingerprint density at radius 1 is 1.39 bits per heavy atom. The number of carbonyl (C=O) groups excluding carboxylic acids is 1. The van der Waals surface area contributed by atoms with Gasteiger partial charge < -0.3 is 10.0 Å². The van der Waals surface area contributed by atoms with E-state index in [1.165, 1.54) is 0 Å². The lowest BCUT2D eigenvalue weighted by Gasteiger charge is -2.27. The normalized spacial score (nSPS) is 25.9. The van der Waals surface area contributed by atoms with Gasteiger partial charge in [0.25, 0.3) is 0 Å². The van der Waals surface area contributed by atoms with Gasteiger partial charge in [-0.05, 0) is 20.5 Å². The van der Waals surface area contributed by atoms with E-state index in [1.807, 2.05) is 34.9 Å². The van der Waals surface area contributed by atoms with Gasteiger partial charge in [-0.3, -0.25) is 9.69 Å². The minimum absolute atomic E-state index is 0.236. The van der Waals surface area contributed by atoms with Gasteiger partial charge in [0.1, 0.15) is 5.78 Å². The van der Waals surface area contributed by atoms with Crippen LogP contribution < -0.4 is 0 Å². The third-order valence-electron chi connectivity index (χ3n) is 3.54. The van der Waals surface area contributed by atoms with Crippen molar-refractivity contribution in [1.29, 1.82) is 0 Å². The molecule has 4 heteroatoms. The van der Waals surface area contributed by atoms with Crippen molar-refractivity contribution in [2.75, 3.05) is 33.7 Å². The number of Topliss-reactive ketones (excluding diaryl/α,β-unsaturated/α-hetero) is 1. The first-order valence-corrected chi connectivity index (χ1v) is 6.80. The molecule has 4 nitrogen and oxygen atoms in total. The van der Waals surface area contributed by atoms with E-state index in [-0.39, 0.29) is 11.5 Å². The van der Waals surface area contributed by atoms with Gasteiger partial charge in [0.15, 0.2) is 0 Å². The van der Waals surface area contributed by atoms with E-state index in [0.29, 0.717) is 24.8 Å². The first-order valence-electron chi connectivity index (χ1n) is 6.80. The molecule has 0 radical (unpaired) electrons. The molecule has 0 amide bonds. The van der Waals surface area contributed by atoms with Crippen molar-refractivity contribution < 1.29 is 9.90 Å². The average Bonchev–Trinajstić information content (AvgIpc) is 2.52. The van der Waals surface area contributed by atoms with E-state index < -0.39 is 0 Å². The lowest BCUT2D eigenvalue weighted by Crippen LogP contribution is -2.39. The summed E-state index contributed by atoms with van der Waals surface area (Å²) >= 11 is 0. The van der Waals surface area contributed by atoms with Crippen molar-refractivity contribution in [1.82, 2.24) is 9.80 Å². The molecule has 1 aliphatic rings. The summed E-state index contributed by atoms with van der Waals surface area (Å²) in [6, 6.07) is 0.378. The smallest absolute Gasteiger partial charge is 0.139 e. The largest absolute Gasteiger partial charge is 0.392 e. The zero-order valence-corrected chi connectivity index (χ0v) is 12.4. The zero-order valence-electron chi connectivity index (χ0n) is 12.4.